The molecule has 2 atom stereocenters. The molecule has 3 heterocycles. The van der Waals surface area contributed by atoms with Crippen LogP contribution in [0.4, 0.5) is 13.6 Å². The van der Waals surface area contributed by atoms with Gasteiger partial charge >= 0.3 is 13.2 Å². The number of nitrogens with zero attached hydrogens (tertiary/aromatic N) is 3. The number of nitriles is 1. The molecule has 1 aromatic heterocycles. The minimum atomic E-state index is -3.24. The summed E-state index contributed by atoms with van der Waals surface area (Å²) in [7, 11) is -1.96. The zero-order valence-electron chi connectivity index (χ0n) is 22.9. The predicted octanol–water partition coefficient (Wildman–Crippen LogP) is 1.88. The summed E-state index contributed by atoms with van der Waals surface area (Å²) in [6, 6.07) is 7.74. The van der Waals surface area contributed by atoms with Gasteiger partial charge in [-0.1, -0.05) is 18.2 Å². The van der Waals surface area contributed by atoms with Crippen molar-refractivity contribution in [2.45, 2.75) is 50.1 Å². The molecule has 0 bridgehead atoms. The van der Waals surface area contributed by atoms with Crippen molar-refractivity contribution in [2.24, 2.45) is 0 Å². The maximum atomic E-state index is 14.4. The summed E-state index contributed by atoms with van der Waals surface area (Å²) in [5.41, 5.74) is 0.202. The number of halogens is 2. The maximum absolute atomic E-state index is 14.4. The van der Waals surface area contributed by atoms with E-state index in [1.165, 1.54) is 12.3 Å². The number of nitrogens with one attached hydrogen (secondary N) is 1. The number of hydrogen-bond acceptors (Lipinski definition) is 9. The Morgan fingerprint density at radius 3 is 2.71 bits per heavy atom. The van der Waals surface area contributed by atoms with Crippen LogP contribution in [0.3, 0.4) is 0 Å². The number of carbonyl (C=O) groups is 2. The maximum Gasteiger partial charge on any atom is 0.475 e. The smallest absolute Gasteiger partial charge is 0.464 e. The molecule has 0 spiro atoms. The van der Waals surface area contributed by atoms with E-state index in [0.29, 0.717) is 37.4 Å². The summed E-state index contributed by atoms with van der Waals surface area (Å²) < 4.78 is 44.8. The average molecular weight is 574 g/mol. The summed E-state index contributed by atoms with van der Waals surface area (Å²) in [6.07, 6.45) is 1.06. The molecule has 1 unspecified atom stereocenters. The molecule has 2 aliphatic rings. The standard InChI is InChI=1S/C27H33BF2N4O7/c1-26(2,33-7-9-39-10-8-33)12-19(14-31)24(35)34-17-27(29,30)13-20(34)16-41-25(36)32-23(28(37)38)11-18-15-40-22-6-4-3-5-21(18)22/h3-6,12,15,20,23,37-38H,7-11,13,16-17H2,1-2H3,(H,32,36)/t20?,23-/m0/s1. The number of furan rings is 1. The molecule has 41 heavy (non-hydrogen) atoms. The van der Waals surface area contributed by atoms with Crippen molar-refractivity contribution in [3.63, 3.8) is 0 Å². The topological polar surface area (TPSA) is 148 Å². The largest absolute Gasteiger partial charge is 0.475 e. The molecule has 220 valence electrons. The number of ether oxygens (including phenoxy) is 2. The normalized spacial score (nSPS) is 20.5. The Balaban J connectivity index is 1.41. The number of alkyl carbamates (subject to hydrolysis) is 1. The number of fused-ring (bicyclic) bond motifs is 1. The molecule has 0 saturated carbocycles. The number of rotatable bonds is 9. The van der Waals surface area contributed by atoms with Crippen LogP contribution in [0.2, 0.25) is 0 Å². The second kappa shape index (κ2) is 12.6. The third-order valence-electron chi connectivity index (χ3n) is 7.38. The van der Waals surface area contributed by atoms with E-state index >= 15 is 0 Å². The molecule has 2 aromatic rings. The first-order chi connectivity index (χ1) is 19.4. The van der Waals surface area contributed by atoms with Gasteiger partial charge in [0.25, 0.3) is 11.8 Å². The number of para-hydroxylation sites is 1. The number of carbonyl (C=O) groups excluding carboxylic acids is 2. The molecule has 0 aliphatic carbocycles. The highest BCUT2D eigenvalue weighted by Gasteiger charge is 2.48. The van der Waals surface area contributed by atoms with Crippen molar-refractivity contribution in [1.29, 1.82) is 5.26 Å². The van der Waals surface area contributed by atoms with Crippen molar-refractivity contribution < 1.29 is 42.3 Å². The minimum absolute atomic E-state index is 0.00879. The summed E-state index contributed by atoms with van der Waals surface area (Å²) in [6.45, 7) is 4.31. The molecule has 1 aromatic carbocycles. The zero-order chi connectivity index (χ0) is 29.8. The van der Waals surface area contributed by atoms with Crippen LogP contribution in [0, 0.1) is 11.3 Å². The van der Waals surface area contributed by atoms with E-state index in [1.807, 2.05) is 24.8 Å². The molecule has 3 N–H and O–H groups in total. The monoisotopic (exact) mass is 574 g/mol. The third kappa shape index (κ3) is 7.42. The summed E-state index contributed by atoms with van der Waals surface area (Å²) in [5, 5.41) is 32.4. The van der Waals surface area contributed by atoms with Gasteiger partial charge in [0, 0.05) is 30.4 Å². The minimum Gasteiger partial charge on any atom is -0.464 e. The average Bonchev–Trinajstić information content (AvgIpc) is 3.49. The second-order valence-corrected chi connectivity index (χ2v) is 10.8. The lowest BCUT2D eigenvalue weighted by Gasteiger charge is -2.39. The molecule has 14 heteroatoms. The van der Waals surface area contributed by atoms with E-state index in [0.717, 1.165) is 10.3 Å². The summed E-state index contributed by atoms with van der Waals surface area (Å²) in [4.78, 5) is 28.7. The van der Waals surface area contributed by atoms with Crippen LogP contribution in [-0.4, -0.2) is 102 Å². The first-order valence-corrected chi connectivity index (χ1v) is 13.3. The highest BCUT2D eigenvalue weighted by atomic mass is 19.3. The van der Waals surface area contributed by atoms with E-state index in [-0.39, 0.29) is 12.0 Å². The van der Waals surface area contributed by atoms with Crippen molar-refractivity contribution in [1.82, 2.24) is 15.1 Å². The Kier molecular flexibility index (Phi) is 9.33. The van der Waals surface area contributed by atoms with Gasteiger partial charge in [-0.25, -0.2) is 13.6 Å². The van der Waals surface area contributed by atoms with Crippen LogP contribution in [-0.2, 0) is 20.7 Å². The fourth-order valence-corrected chi connectivity index (χ4v) is 5.19. The molecule has 11 nitrogen and oxygen atoms in total. The zero-order valence-corrected chi connectivity index (χ0v) is 22.9. The van der Waals surface area contributed by atoms with Gasteiger partial charge in [-0.15, -0.1) is 0 Å². The van der Waals surface area contributed by atoms with E-state index in [9.17, 15) is 33.7 Å². The van der Waals surface area contributed by atoms with Gasteiger partial charge in [-0.05, 0) is 38.0 Å². The van der Waals surface area contributed by atoms with Gasteiger partial charge in [0.15, 0.2) is 0 Å². The molecular weight excluding hydrogens is 541 g/mol. The van der Waals surface area contributed by atoms with Gasteiger partial charge in [-0.2, -0.15) is 5.26 Å². The number of morpholine rings is 1. The Bertz CT molecular complexity index is 1320. The number of alkyl halides is 2. The molecule has 2 amide bonds. The van der Waals surface area contributed by atoms with E-state index in [2.05, 4.69) is 5.32 Å². The van der Waals surface area contributed by atoms with Gasteiger partial charge in [0.2, 0.25) is 0 Å². The Labute approximate surface area is 236 Å². The van der Waals surface area contributed by atoms with Crippen LogP contribution in [0.25, 0.3) is 11.0 Å². The van der Waals surface area contributed by atoms with Gasteiger partial charge in [-0.3, -0.25) is 9.69 Å². The van der Waals surface area contributed by atoms with Crippen LogP contribution in [0.5, 0.6) is 0 Å². The lowest BCUT2D eigenvalue weighted by atomic mass is 9.76. The van der Waals surface area contributed by atoms with Gasteiger partial charge in [0.1, 0.15) is 23.8 Å². The number of amides is 2. The van der Waals surface area contributed by atoms with Crippen molar-refractivity contribution >= 4 is 30.1 Å². The van der Waals surface area contributed by atoms with Crippen LogP contribution >= 0.6 is 0 Å². The predicted molar refractivity (Wildman–Crippen MR) is 144 cm³/mol. The SMILES string of the molecule is CC(C)(C=C(C#N)C(=O)N1CC(F)(F)CC1COC(=O)N[C@@H](Cc1coc2ccccc12)B(O)O)N1CCOCC1. The highest BCUT2D eigenvalue weighted by molar-refractivity contribution is 6.43. The van der Waals surface area contributed by atoms with E-state index in [4.69, 9.17) is 13.9 Å². The lowest BCUT2D eigenvalue weighted by molar-refractivity contribution is -0.129. The molecule has 2 fully saturated rings. The van der Waals surface area contributed by atoms with E-state index in [1.54, 1.807) is 24.3 Å². The van der Waals surface area contributed by atoms with Gasteiger partial charge < -0.3 is 34.2 Å². The summed E-state index contributed by atoms with van der Waals surface area (Å²) >= 11 is 0. The molecule has 0 radical (unpaired) electrons. The number of benzene rings is 1. The quantitative estimate of drug-likeness (QED) is 0.232. The molecule has 4 rings (SSSR count). The van der Waals surface area contributed by atoms with Gasteiger partial charge in [0.05, 0.1) is 38.0 Å². The van der Waals surface area contributed by atoms with Crippen LogP contribution in [0.15, 0.2) is 46.6 Å². The summed E-state index contributed by atoms with van der Waals surface area (Å²) in [5.74, 6) is -5.32. The highest BCUT2D eigenvalue weighted by Crippen LogP contribution is 2.33. The Morgan fingerprint density at radius 1 is 1.32 bits per heavy atom. The lowest BCUT2D eigenvalue weighted by Crippen LogP contribution is -2.49. The molecule has 2 saturated heterocycles. The molecular formula is C27H33BF2N4O7. The molecule has 2 aliphatic heterocycles. The van der Waals surface area contributed by atoms with Crippen molar-refractivity contribution in [3.8, 4) is 6.07 Å². The van der Waals surface area contributed by atoms with E-state index < -0.39 is 62.1 Å². The fourth-order valence-electron chi connectivity index (χ4n) is 5.19. The Hall–Kier alpha value is -3.51. The van der Waals surface area contributed by atoms with Crippen LogP contribution in [0.1, 0.15) is 25.8 Å². The number of likely N-dealkylation sites (tertiary alicyclic amines) is 1. The Morgan fingerprint density at radius 2 is 2.02 bits per heavy atom. The first kappa shape index (κ1) is 30.5. The fraction of sp³-hybridized carbons (Fsp3) is 0.519. The first-order valence-electron chi connectivity index (χ1n) is 13.3. The van der Waals surface area contributed by atoms with Crippen molar-refractivity contribution in [2.75, 3.05) is 39.5 Å². The second-order valence-electron chi connectivity index (χ2n) is 10.8. The van der Waals surface area contributed by atoms with Crippen molar-refractivity contribution in [3.05, 3.63) is 47.7 Å². The number of hydrogen-bond donors (Lipinski definition) is 3. The third-order valence-corrected chi connectivity index (χ3v) is 7.38. The van der Waals surface area contributed by atoms with Crippen LogP contribution < -0.4 is 5.32 Å².